The molecule has 0 aliphatic carbocycles. The van der Waals surface area contributed by atoms with Gasteiger partial charge in [0, 0.05) is 32.8 Å². The summed E-state index contributed by atoms with van der Waals surface area (Å²) in [5.41, 5.74) is -0.322. The Bertz CT molecular complexity index is 498. The van der Waals surface area contributed by atoms with E-state index >= 15 is 0 Å². The van der Waals surface area contributed by atoms with Crippen LogP contribution in [0.3, 0.4) is 0 Å². The summed E-state index contributed by atoms with van der Waals surface area (Å²) >= 11 is 0. The smallest absolute Gasteiger partial charge is 0.168 e. The highest BCUT2D eigenvalue weighted by Gasteiger charge is 2.32. The summed E-state index contributed by atoms with van der Waals surface area (Å²) in [5.74, 6) is -0.984. The molecule has 1 saturated heterocycles. The molecule has 0 radical (unpaired) electrons. The third kappa shape index (κ3) is 3.61. The molecule has 2 rings (SSSR count). The van der Waals surface area contributed by atoms with Crippen molar-refractivity contribution in [3.63, 3.8) is 0 Å². The fourth-order valence-electron chi connectivity index (χ4n) is 2.60. The molecule has 0 saturated carbocycles. The number of halogens is 2. The Labute approximate surface area is 124 Å². The second-order valence-electron chi connectivity index (χ2n) is 5.73. The van der Waals surface area contributed by atoms with Crippen molar-refractivity contribution in [3.8, 4) is 0 Å². The van der Waals surface area contributed by atoms with Crippen LogP contribution in [0.25, 0.3) is 0 Å². The van der Waals surface area contributed by atoms with Gasteiger partial charge < -0.3 is 15.0 Å². The molecule has 0 spiro atoms. The molecule has 0 amide bonds. The van der Waals surface area contributed by atoms with Gasteiger partial charge in [-0.1, -0.05) is 6.92 Å². The minimum atomic E-state index is -0.656. The van der Waals surface area contributed by atoms with Crippen molar-refractivity contribution >= 4 is 11.6 Å². The fourth-order valence-corrected chi connectivity index (χ4v) is 2.60. The molecule has 0 bridgehead atoms. The quantitative estimate of drug-likeness (QED) is 0.906. The molecule has 1 fully saturated rings. The average Bonchev–Trinajstić information content (AvgIpc) is 2.46. The molecule has 4 nitrogen and oxygen atoms in total. The van der Waals surface area contributed by atoms with Crippen LogP contribution in [-0.2, 0) is 4.74 Å². The van der Waals surface area contributed by atoms with Crippen molar-refractivity contribution in [1.29, 1.82) is 0 Å². The largest absolute Gasteiger partial charge is 0.377 e. The van der Waals surface area contributed by atoms with Gasteiger partial charge in [-0.3, -0.25) is 0 Å². The standard InChI is InChI=1S/C15H23F2N3O/c1-4-7-18-13-11(16)9-12(17)14(19-13)20-8-5-6-15(2,10-20)21-3/h9H,4-8,10H2,1-3H3,(H,18,19). The Morgan fingerprint density at radius 3 is 2.86 bits per heavy atom. The summed E-state index contributed by atoms with van der Waals surface area (Å²) in [7, 11) is 1.66. The van der Waals surface area contributed by atoms with Crippen molar-refractivity contribution in [2.75, 3.05) is 37.0 Å². The third-order valence-electron chi connectivity index (χ3n) is 3.90. The fraction of sp³-hybridized carbons (Fsp3) is 0.667. The molecule has 1 N–H and O–H groups in total. The third-order valence-corrected chi connectivity index (χ3v) is 3.90. The van der Waals surface area contributed by atoms with Gasteiger partial charge in [0.2, 0.25) is 0 Å². The number of nitrogens with one attached hydrogen (secondary N) is 1. The maximum Gasteiger partial charge on any atom is 0.168 e. The summed E-state index contributed by atoms with van der Waals surface area (Å²) in [5, 5.41) is 2.89. The predicted molar refractivity (Wildman–Crippen MR) is 79.8 cm³/mol. The number of pyridine rings is 1. The Hall–Kier alpha value is -1.43. The molecule has 1 unspecified atom stereocenters. The van der Waals surface area contributed by atoms with Crippen LogP contribution in [0.15, 0.2) is 6.07 Å². The molecular weight excluding hydrogens is 276 g/mol. The Morgan fingerprint density at radius 2 is 2.19 bits per heavy atom. The molecule has 2 heterocycles. The van der Waals surface area contributed by atoms with E-state index in [4.69, 9.17) is 4.74 Å². The van der Waals surface area contributed by atoms with Crippen LogP contribution in [0.1, 0.15) is 33.1 Å². The number of nitrogens with zero attached hydrogens (tertiary/aromatic N) is 2. The molecule has 1 aliphatic rings. The van der Waals surface area contributed by atoms with Crippen LogP contribution in [-0.4, -0.2) is 37.3 Å². The number of rotatable bonds is 5. The van der Waals surface area contributed by atoms with Crippen molar-refractivity contribution in [1.82, 2.24) is 4.98 Å². The number of piperidine rings is 1. The second-order valence-corrected chi connectivity index (χ2v) is 5.73. The number of anilines is 2. The zero-order valence-corrected chi connectivity index (χ0v) is 12.9. The number of hydrogen-bond acceptors (Lipinski definition) is 4. The number of aromatic nitrogens is 1. The molecule has 1 aromatic heterocycles. The van der Waals surface area contributed by atoms with Crippen LogP contribution >= 0.6 is 0 Å². The maximum atomic E-state index is 14.1. The Morgan fingerprint density at radius 1 is 1.43 bits per heavy atom. The van der Waals surface area contributed by atoms with Crippen LogP contribution in [0.4, 0.5) is 20.4 Å². The van der Waals surface area contributed by atoms with E-state index in [0.29, 0.717) is 19.6 Å². The van der Waals surface area contributed by atoms with Crippen LogP contribution in [0.5, 0.6) is 0 Å². The number of ether oxygens (including phenoxy) is 1. The minimum Gasteiger partial charge on any atom is -0.377 e. The Kier molecular flexibility index (Phi) is 4.98. The van der Waals surface area contributed by atoms with Gasteiger partial charge in [0.25, 0.3) is 0 Å². The van der Waals surface area contributed by atoms with Gasteiger partial charge in [-0.2, -0.15) is 0 Å². The normalized spacial score (nSPS) is 22.4. The lowest BCUT2D eigenvalue weighted by atomic mass is 9.95. The highest BCUT2D eigenvalue weighted by molar-refractivity contribution is 5.50. The van der Waals surface area contributed by atoms with Gasteiger partial charge in [-0.25, -0.2) is 13.8 Å². The number of hydrogen-bond donors (Lipinski definition) is 1. The molecule has 118 valence electrons. The first kappa shape index (κ1) is 15.9. The summed E-state index contributed by atoms with van der Waals surface area (Å²) in [6, 6.07) is 0.902. The zero-order chi connectivity index (χ0) is 15.5. The van der Waals surface area contributed by atoms with Crippen LogP contribution in [0.2, 0.25) is 0 Å². The van der Waals surface area contributed by atoms with Crippen molar-refractivity contribution in [3.05, 3.63) is 17.7 Å². The average molecular weight is 299 g/mol. The zero-order valence-electron chi connectivity index (χ0n) is 12.9. The van der Waals surface area contributed by atoms with Gasteiger partial charge in [0.15, 0.2) is 23.3 Å². The molecule has 1 aliphatic heterocycles. The van der Waals surface area contributed by atoms with E-state index in [1.807, 2.05) is 18.7 Å². The van der Waals surface area contributed by atoms with Gasteiger partial charge in [0.05, 0.1) is 5.60 Å². The molecule has 1 aromatic rings. The first-order valence-electron chi connectivity index (χ1n) is 7.39. The van der Waals surface area contributed by atoms with E-state index in [-0.39, 0.29) is 17.2 Å². The minimum absolute atomic E-state index is 0.109. The van der Waals surface area contributed by atoms with E-state index in [0.717, 1.165) is 25.3 Å². The summed E-state index contributed by atoms with van der Waals surface area (Å²) in [6.07, 6.45) is 2.66. The van der Waals surface area contributed by atoms with E-state index in [1.165, 1.54) is 0 Å². The highest BCUT2D eigenvalue weighted by Crippen LogP contribution is 2.30. The van der Waals surface area contributed by atoms with Gasteiger partial charge >= 0.3 is 0 Å². The van der Waals surface area contributed by atoms with Crippen LogP contribution < -0.4 is 10.2 Å². The van der Waals surface area contributed by atoms with Crippen molar-refractivity contribution in [2.45, 2.75) is 38.7 Å². The van der Waals surface area contributed by atoms with E-state index in [2.05, 4.69) is 10.3 Å². The highest BCUT2D eigenvalue weighted by atomic mass is 19.1. The maximum absolute atomic E-state index is 14.1. The SMILES string of the molecule is CCCNc1nc(N2CCCC(C)(OC)C2)c(F)cc1F. The molecule has 6 heteroatoms. The number of methoxy groups -OCH3 is 1. The second kappa shape index (κ2) is 6.56. The summed E-state index contributed by atoms with van der Waals surface area (Å²) in [6.45, 7) is 5.82. The molecule has 1 atom stereocenters. The Balaban J connectivity index is 2.25. The van der Waals surface area contributed by atoms with Gasteiger partial charge in [0.1, 0.15) is 0 Å². The molecule has 21 heavy (non-hydrogen) atoms. The van der Waals surface area contributed by atoms with Crippen LogP contribution in [0, 0.1) is 11.6 Å². The van der Waals surface area contributed by atoms with Gasteiger partial charge in [-0.15, -0.1) is 0 Å². The van der Waals surface area contributed by atoms with E-state index in [9.17, 15) is 8.78 Å². The molecule has 0 aromatic carbocycles. The topological polar surface area (TPSA) is 37.4 Å². The first-order chi connectivity index (χ1) is 9.99. The molecular formula is C15H23F2N3O. The van der Waals surface area contributed by atoms with Gasteiger partial charge in [-0.05, 0) is 26.2 Å². The lowest BCUT2D eigenvalue weighted by Gasteiger charge is -2.40. The van der Waals surface area contributed by atoms with Crippen molar-refractivity contribution < 1.29 is 13.5 Å². The lowest BCUT2D eigenvalue weighted by molar-refractivity contribution is -0.00493. The lowest BCUT2D eigenvalue weighted by Crippen LogP contribution is -2.48. The predicted octanol–water partition coefficient (Wildman–Crippen LogP) is 3.19. The monoisotopic (exact) mass is 299 g/mol. The van der Waals surface area contributed by atoms with E-state index < -0.39 is 11.6 Å². The summed E-state index contributed by atoms with van der Waals surface area (Å²) in [4.78, 5) is 5.97. The van der Waals surface area contributed by atoms with Crippen molar-refractivity contribution in [2.24, 2.45) is 0 Å². The first-order valence-corrected chi connectivity index (χ1v) is 7.39. The van der Waals surface area contributed by atoms with E-state index in [1.54, 1.807) is 7.11 Å². The summed E-state index contributed by atoms with van der Waals surface area (Å²) < 4.78 is 33.3.